The van der Waals surface area contributed by atoms with Gasteiger partial charge in [-0.25, -0.2) is 9.97 Å². The number of amidine groups is 1. The van der Waals surface area contributed by atoms with Gasteiger partial charge in [-0.3, -0.25) is 5.41 Å². The predicted molar refractivity (Wildman–Crippen MR) is 71.3 cm³/mol. The Hall–Kier alpha value is -1.40. The fourth-order valence-electron chi connectivity index (χ4n) is 1.15. The van der Waals surface area contributed by atoms with Gasteiger partial charge in [-0.15, -0.1) is 0 Å². The van der Waals surface area contributed by atoms with E-state index in [2.05, 4.69) is 25.9 Å². The Balaban J connectivity index is 2.21. The lowest BCUT2D eigenvalue weighted by atomic mass is 10.3. The van der Waals surface area contributed by atoms with Crippen LogP contribution in [0.4, 0.5) is 0 Å². The van der Waals surface area contributed by atoms with Gasteiger partial charge in [0.25, 0.3) is 0 Å². The Bertz CT molecular complexity index is 541. The SMILES string of the molecule is N=C(N)c1cccc(Sc2ccc(Br)cn2)n1. The van der Waals surface area contributed by atoms with E-state index in [1.807, 2.05) is 24.3 Å². The van der Waals surface area contributed by atoms with Crippen molar-refractivity contribution in [2.75, 3.05) is 0 Å². The molecule has 0 aromatic carbocycles. The van der Waals surface area contributed by atoms with Gasteiger partial charge < -0.3 is 5.73 Å². The minimum absolute atomic E-state index is 0.0313. The van der Waals surface area contributed by atoms with Gasteiger partial charge in [0.05, 0.1) is 0 Å². The van der Waals surface area contributed by atoms with Crippen molar-refractivity contribution in [2.45, 2.75) is 10.1 Å². The number of halogens is 1. The fourth-order valence-corrected chi connectivity index (χ4v) is 2.13. The highest BCUT2D eigenvalue weighted by atomic mass is 79.9. The van der Waals surface area contributed by atoms with E-state index in [4.69, 9.17) is 11.1 Å². The molecule has 6 heteroatoms. The highest BCUT2D eigenvalue weighted by molar-refractivity contribution is 9.10. The second kappa shape index (κ2) is 5.29. The van der Waals surface area contributed by atoms with E-state index >= 15 is 0 Å². The van der Waals surface area contributed by atoms with Crippen molar-refractivity contribution in [3.63, 3.8) is 0 Å². The number of nitrogen functional groups attached to an aromatic ring is 1. The molecule has 0 saturated carbocycles. The van der Waals surface area contributed by atoms with Gasteiger partial charge in [0.1, 0.15) is 21.6 Å². The molecule has 0 radical (unpaired) electrons. The Morgan fingerprint density at radius 3 is 2.71 bits per heavy atom. The molecule has 86 valence electrons. The van der Waals surface area contributed by atoms with Crippen LogP contribution in [0.1, 0.15) is 5.69 Å². The minimum atomic E-state index is -0.0313. The minimum Gasteiger partial charge on any atom is -0.382 e. The third-order valence-corrected chi connectivity index (χ3v) is 3.27. The third kappa shape index (κ3) is 3.28. The van der Waals surface area contributed by atoms with Crippen LogP contribution in [-0.2, 0) is 0 Å². The molecule has 0 aliphatic rings. The standard InChI is InChI=1S/C11H9BrN4S/c12-7-4-5-9(15-6-7)17-10-3-1-2-8(16-10)11(13)14/h1-6H,(H3,13,14). The summed E-state index contributed by atoms with van der Waals surface area (Å²) < 4.78 is 0.937. The summed E-state index contributed by atoms with van der Waals surface area (Å²) in [6.07, 6.45) is 1.73. The Labute approximate surface area is 111 Å². The van der Waals surface area contributed by atoms with Crippen LogP contribution in [0.25, 0.3) is 0 Å². The van der Waals surface area contributed by atoms with Gasteiger partial charge in [0.15, 0.2) is 0 Å². The summed E-state index contributed by atoms with van der Waals surface area (Å²) in [6, 6.07) is 9.22. The van der Waals surface area contributed by atoms with Gasteiger partial charge in [-0.1, -0.05) is 17.8 Å². The molecule has 4 nitrogen and oxygen atoms in total. The molecule has 0 saturated heterocycles. The molecule has 2 rings (SSSR count). The molecule has 2 aromatic rings. The summed E-state index contributed by atoms with van der Waals surface area (Å²) in [6.45, 7) is 0. The maximum atomic E-state index is 7.32. The number of pyridine rings is 2. The number of rotatable bonds is 3. The van der Waals surface area contributed by atoms with Gasteiger partial charge in [-0.2, -0.15) is 0 Å². The zero-order valence-electron chi connectivity index (χ0n) is 8.72. The largest absolute Gasteiger partial charge is 0.382 e. The number of aromatic nitrogens is 2. The maximum absolute atomic E-state index is 7.32. The number of nitrogens with one attached hydrogen (secondary N) is 1. The summed E-state index contributed by atoms with van der Waals surface area (Å²) in [5.74, 6) is -0.0313. The summed E-state index contributed by atoms with van der Waals surface area (Å²) in [7, 11) is 0. The van der Waals surface area contributed by atoms with Crippen molar-refractivity contribution in [3.8, 4) is 0 Å². The lowest BCUT2D eigenvalue weighted by Crippen LogP contribution is -2.12. The molecule has 0 atom stereocenters. The van der Waals surface area contributed by atoms with Gasteiger partial charge >= 0.3 is 0 Å². The average molecular weight is 309 g/mol. The summed E-state index contributed by atoms with van der Waals surface area (Å²) in [5, 5.41) is 8.94. The molecule has 0 aliphatic carbocycles. The Morgan fingerprint density at radius 2 is 2.06 bits per heavy atom. The molecule has 0 spiro atoms. The number of nitrogens with two attached hydrogens (primary N) is 1. The lowest BCUT2D eigenvalue weighted by molar-refractivity contribution is 1.07. The smallest absolute Gasteiger partial charge is 0.141 e. The molecule has 0 bridgehead atoms. The second-order valence-corrected chi connectivity index (χ2v) is 5.15. The van der Waals surface area contributed by atoms with Gasteiger partial charge in [0.2, 0.25) is 0 Å². The Kier molecular flexibility index (Phi) is 3.75. The summed E-state index contributed by atoms with van der Waals surface area (Å²) in [5.41, 5.74) is 5.86. The molecular formula is C11H9BrN4S. The van der Waals surface area contributed by atoms with Crippen molar-refractivity contribution in [3.05, 3.63) is 46.7 Å². The first-order valence-electron chi connectivity index (χ1n) is 4.76. The van der Waals surface area contributed by atoms with E-state index in [1.54, 1.807) is 12.3 Å². The van der Waals surface area contributed by atoms with Crippen LogP contribution < -0.4 is 5.73 Å². The van der Waals surface area contributed by atoms with E-state index < -0.39 is 0 Å². The fraction of sp³-hybridized carbons (Fsp3) is 0. The van der Waals surface area contributed by atoms with Gasteiger partial charge in [-0.05, 0) is 40.2 Å². The molecule has 0 aliphatic heterocycles. The topological polar surface area (TPSA) is 75.7 Å². The Morgan fingerprint density at radius 1 is 1.24 bits per heavy atom. The predicted octanol–water partition coefficient (Wildman–Crippen LogP) is 2.67. The maximum Gasteiger partial charge on any atom is 0.141 e. The van der Waals surface area contributed by atoms with E-state index in [9.17, 15) is 0 Å². The van der Waals surface area contributed by atoms with Crippen molar-refractivity contribution in [2.24, 2.45) is 5.73 Å². The van der Waals surface area contributed by atoms with Crippen LogP contribution in [0.15, 0.2) is 51.1 Å². The average Bonchev–Trinajstić information content (AvgIpc) is 2.32. The van der Waals surface area contributed by atoms with Crippen LogP contribution in [0.3, 0.4) is 0 Å². The van der Waals surface area contributed by atoms with E-state index in [-0.39, 0.29) is 5.84 Å². The molecule has 3 N–H and O–H groups in total. The first-order valence-corrected chi connectivity index (χ1v) is 6.37. The quantitative estimate of drug-likeness (QED) is 0.675. The van der Waals surface area contributed by atoms with E-state index in [0.29, 0.717) is 5.69 Å². The van der Waals surface area contributed by atoms with E-state index in [1.165, 1.54) is 11.8 Å². The first-order chi connectivity index (χ1) is 8.15. The number of nitrogens with zero attached hydrogens (tertiary/aromatic N) is 2. The van der Waals surface area contributed by atoms with Crippen molar-refractivity contribution in [1.82, 2.24) is 9.97 Å². The highest BCUT2D eigenvalue weighted by Gasteiger charge is 2.03. The van der Waals surface area contributed by atoms with Crippen molar-refractivity contribution >= 4 is 33.5 Å². The van der Waals surface area contributed by atoms with Crippen LogP contribution in [-0.4, -0.2) is 15.8 Å². The van der Waals surface area contributed by atoms with Gasteiger partial charge in [0, 0.05) is 10.7 Å². The second-order valence-electron chi connectivity index (χ2n) is 3.19. The number of hydrogen-bond donors (Lipinski definition) is 2. The molecule has 2 heterocycles. The highest BCUT2D eigenvalue weighted by Crippen LogP contribution is 2.24. The molecule has 0 amide bonds. The monoisotopic (exact) mass is 308 g/mol. The zero-order chi connectivity index (χ0) is 12.3. The molecule has 0 unspecified atom stereocenters. The van der Waals surface area contributed by atoms with Crippen molar-refractivity contribution < 1.29 is 0 Å². The normalized spacial score (nSPS) is 10.2. The summed E-state index contributed by atoms with van der Waals surface area (Å²) >= 11 is 4.76. The molecule has 2 aromatic heterocycles. The third-order valence-electron chi connectivity index (χ3n) is 1.91. The summed E-state index contributed by atoms with van der Waals surface area (Å²) in [4.78, 5) is 8.49. The molecule has 17 heavy (non-hydrogen) atoms. The molecule has 0 fully saturated rings. The molecular weight excluding hydrogens is 300 g/mol. The van der Waals surface area contributed by atoms with Crippen LogP contribution >= 0.6 is 27.7 Å². The van der Waals surface area contributed by atoms with Crippen LogP contribution in [0, 0.1) is 5.41 Å². The first kappa shape index (κ1) is 12.1. The van der Waals surface area contributed by atoms with Crippen LogP contribution in [0.5, 0.6) is 0 Å². The van der Waals surface area contributed by atoms with E-state index in [0.717, 1.165) is 14.5 Å². The van der Waals surface area contributed by atoms with Crippen LogP contribution in [0.2, 0.25) is 0 Å². The number of hydrogen-bond acceptors (Lipinski definition) is 4. The zero-order valence-corrected chi connectivity index (χ0v) is 11.1. The van der Waals surface area contributed by atoms with Crippen molar-refractivity contribution in [1.29, 1.82) is 5.41 Å². The lowest BCUT2D eigenvalue weighted by Gasteiger charge is -2.02.